The Morgan fingerprint density at radius 1 is 1.23 bits per heavy atom. The van der Waals surface area contributed by atoms with Gasteiger partial charge >= 0.3 is 0 Å². The van der Waals surface area contributed by atoms with Crippen molar-refractivity contribution in [2.24, 2.45) is 5.92 Å². The molecular weight excluding hydrogens is 228 g/mol. The number of halogens is 1. The highest BCUT2D eigenvalue weighted by Gasteiger charge is 2.11. The molecule has 1 nitrogen and oxygen atoms in total. The fourth-order valence-corrected chi connectivity index (χ4v) is 1.31. The van der Waals surface area contributed by atoms with Crippen molar-refractivity contribution < 1.29 is 4.74 Å². The van der Waals surface area contributed by atoms with E-state index in [1.54, 1.807) is 0 Å². The van der Waals surface area contributed by atoms with Crippen LogP contribution < -0.4 is 0 Å². The van der Waals surface area contributed by atoms with Crippen LogP contribution >= 0.6 is 15.9 Å². The van der Waals surface area contributed by atoms with Gasteiger partial charge in [0, 0.05) is 11.4 Å². The lowest BCUT2D eigenvalue weighted by molar-refractivity contribution is -0.00473. The predicted octanol–water partition coefficient (Wildman–Crippen LogP) is 4.00. The molecule has 0 aliphatic heterocycles. The van der Waals surface area contributed by atoms with E-state index in [-0.39, 0.29) is 5.60 Å². The Labute approximate surface area is 91.4 Å². The smallest absolute Gasteiger partial charge is 0.0598 e. The van der Waals surface area contributed by atoms with Gasteiger partial charge in [0.1, 0.15) is 0 Å². The van der Waals surface area contributed by atoms with E-state index in [0.717, 1.165) is 18.9 Å². The monoisotopic (exact) mass is 250 g/mol. The molecule has 0 aliphatic carbocycles. The summed E-state index contributed by atoms with van der Waals surface area (Å²) in [5.41, 5.74) is 0.0135. The van der Waals surface area contributed by atoms with Gasteiger partial charge in [0.2, 0.25) is 0 Å². The zero-order chi connectivity index (χ0) is 10.5. The van der Waals surface area contributed by atoms with Gasteiger partial charge in [0.05, 0.1) is 5.60 Å². The maximum absolute atomic E-state index is 5.64. The van der Waals surface area contributed by atoms with Gasteiger partial charge in [-0.1, -0.05) is 29.8 Å². The third-order valence-electron chi connectivity index (χ3n) is 1.88. The molecule has 0 saturated heterocycles. The molecule has 0 spiro atoms. The first kappa shape index (κ1) is 13.4. The summed E-state index contributed by atoms with van der Waals surface area (Å²) in [5.74, 6) is 0.717. The van der Waals surface area contributed by atoms with E-state index >= 15 is 0 Å². The molecule has 0 aromatic heterocycles. The molecule has 0 aromatic carbocycles. The van der Waals surface area contributed by atoms with Gasteiger partial charge in [-0.3, -0.25) is 0 Å². The summed E-state index contributed by atoms with van der Waals surface area (Å²) in [5, 5.41) is 0. The molecule has 1 atom stereocenters. The van der Waals surface area contributed by atoms with Gasteiger partial charge in [-0.25, -0.2) is 0 Å². The van der Waals surface area contributed by atoms with Crippen LogP contribution in [0.1, 0.15) is 47.5 Å². The van der Waals surface area contributed by atoms with E-state index < -0.39 is 0 Å². The summed E-state index contributed by atoms with van der Waals surface area (Å²) in [7, 11) is 0. The highest BCUT2D eigenvalue weighted by Crippen LogP contribution is 2.18. The Morgan fingerprint density at radius 3 is 2.15 bits per heavy atom. The minimum Gasteiger partial charge on any atom is -0.376 e. The van der Waals surface area contributed by atoms with E-state index in [0.29, 0.717) is 4.83 Å². The second-order valence-electron chi connectivity index (χ2n) is 4.86. The Balaban J connectivity index is 3.36. The van der Waals surface area contributed by atoms with Crippen LogP contribution in [0.5, 0.6) is 0 Å². The molecule has 80 valence electrons. The molecule has 0 N–H and O–H groups in total. The Hall–Kier alpha value is 0.440. The normalized spacial score (nSPS) is 15.0. The predicted molar refractivity (Wildman–Crippen MR) is 62.5 cm³/mol. The molecule has 13 heavy (non-hydrogen) atoms. The van der Waals surface area contributed by atoms with Crippen molar-refractivity contribution >= 4 is 15.9 Å². The average Bonchev–Trinajstić information content (AvgIpc) is 1.95. The Morgan fingerprint density at radius 2 is 1.77 bits per heavy atom. The summed E-state index contributed by atoms with van der Waals surface area (Å²) in [6, 6.07) is 0. The second kappa shape index (κ2) is 6.02. The molecule has 0 rings (SSSR count). The van der Waals surface area contributed by atoms with E-state index in [1.165, 1.54) is 6.42 Å². The lowest BCUT2D eigenvalue weighted by Gasteiger charge is -2.20. The fourth-order valence-electron chi connectivity index (χ4n) is 0.990. The zero-order valence-electron chi connectivity index (χ0n) is 9.56. The number of hydrogen-bond donors (Lipinski definition) is 0. The van der Waals surface area contributed by atoms with Crippen molar-refractivity contribution in [1.82, 2.24) is 0 Å². The highest BCUT2D eigenvalue weighted by molar-refractivity contribution is 9.09. The maximum Gasteiger partial charge on any atom is 0.0598 e. The van der Waals surface area contributed by atoms with E-state index in [4.69, 9.17) is 4.74 Å². The van der Waals surface area contributed by atoms with E-state index in [2.05, 4.69) is 50.5 Å². The summed E-state index contributed by atoms with van der Waals surface area (Å²) in [6.07, 6.45) is 2.35. The molecular formula is C11H23BrO. The van der Waals surface area contributed by atoms with Crippen LogP contribution in [0.2, 0.25) is 0 Å². The van der Waals surface area contributed by atoms with Crippen LogP contribution in [-0.4, -0.2) is 17.0 Å². The summed E-state index contributed by atoms with van der Waals surface area (Å²) in [4.78, 5) is 0.635. The van der Waals surface area contributed by atoms with Crippen molar-refractivity contribution in [2.45, 2.75) is 57.9 Å². The topological polar surface area (TPSA) is 9.23 Å². The number of hydrogen-bond acceptors (Lipinski definition) is 1. The van der Waals surface area contributed by atoms with Crippen LogP contribution in [0.15, 0.2) is 0 Å². The van der Waals surface area contributed by atoms with Crippen molar-refractivity contribution in [1.29, 1.82) is 0 Å². The SMILES string of the molecule is CC(C)C(Br)CCCOC(C)(C)C. The highest BCUT2D eigenvalue weighted by atomic mass is 79.9. The van der Waals surface area contributed by atoms with Crippen molar-refractivity contribution in [3.63, 3.8) is 0 Å². The minimum absolute atomic E-state index is 0.0135. The molecule has 2 heteroatoms. The van der Waals surface area contributed by atoms with E-state index in [9.17, 15) is 0 Å². The first-order chi connectivity index (χ1) is 5.83. The molecule has 0 bridgehead atoms. The fraction of sp³-hybridized carbons (Fsp3) is 1.00. The molecule has 0 aromatic rings. The van der Waals surface area contributed by atoms with Crippen LogP contribution in [0, 0.1) is 5.92 Å². The third kappa shape index (κ3) is 8.76. The van der Waals surface area contributed by atoms with Gasteiger partial charge < -0.3 is 4.74 Å². The first-order valence-electron chi connectivity index (χ1n) is 5.11. The lowest BCUT2D eigenvalue weighted by Crippen LogP contribution is -2.20. The standard InChI is InChI=1S/C11H23BrO/c1-9(2)10(12)7-6-8-13-11(3,4)5/h9-10H,6-8H2,1-5H3. The quantitative estimate of drug-likeness (QED) is 0.530. The molecule has 1 unspecified atom stereocenters. The molecule has 0 fully saturated rings. The second-order valence-corrected chi connectivity index (χ2v) is 6.04. The van der Waals surface area contributed by atoms with Crippen LogP contribution in [0.3, 0.4) is 0 Å². The van der Waals surface area contributed by atoms with Crippen molar-refractivity contribution in [2.75, 3.05) is 6.61 Å². The van der Waals surface area contributed by atoms with E-state index in [1.807, 2.05) is 0 Å². The minimum atomic E-state index is 0.0135. The molecule has 0 heterocycles. The Kier molecular flexibility index (Phi) is 6.23. The average molecular weight is 251 g/mol. The zero-order valence-corrected chi connectivity index (χ0v) is 11.1. The van der Waals surface area contributed by atoms with Gasteiger partial charge in [0.15, 0.2) is 0 Å². The Bertz CT molecular complexity index is 127. The summed E-state index contributed by atoms with van der Waals surface area (Å²) < 4.78 is 5.64. The van der Waals surface area contributed by atoms with Gasteiger partial charge in [-0.05, 0) is 39.5 Å². The van der Waals surface area contributed by atoms with Crippen LogP contribution in [0.4, 0.5) is 0 Å². The van der Waals surface area contributed by atoms with Gasteiger partial charge in [0.25, 0.3) is 0 Å². The molecule has 0 saturated carbocycles. The molecule has 0 radical (unpaired) electrons. The largest absolute Gasteiger partial charge is 0.376 e. The van der Waals surface area contributed by atoms with Crippen LogP contribution in [-0.2, 0) is 4.74 Å². The third-order valence-corrected chi connectivity index (χ3v) is 3.40. The summed E-state index contributed by atoms with van der Waals surface area (Å²) in [6.45, 7) is 11.6. The number of rotatable bonds is 5. The van der Waals surface area contributed by atoms with Crippen molar-refractivity contribution in [3.8, 4) is 0 Å². The van der Waals surface area contributed by atoms with Crippen LogP contribution in [0.25, 0.3) is 0 Å². The lowest BCUT2D eigenvalue weighted by atomic mass is 10.1. The molecule has 0 aliphatic rings. The number of ether oxygens (including phenoxy) is 1. The first-order valence-corrected chi connectivity index (χ1v) is 6.02. The summed E-state index contributed by atoms with van der Waals surface area (Å²) >= 11 is 3.67. The maximum atomic E-state index is 5.64. The number of alkyl halides is 1. The van der Waals surface area contributed by atoms with Gasteiger partial charge in [-0.2, -0.15) is 0 Å². The van der Waals surface area contributed by atoms with Crippen molar-refractivity contribution in [3.05, 3.63) is 0 Å². The molecule has 0 amide bonds. The van der Waals surface area contributed by atoms with Gasteiger partial charge in [-0.15, -0.1) is 0 Å².